The van der Waals surface area contributed by atoms with Crippen molar-refractivity contribution in [3.05, 3.63) is 6.20 Å². The van der Waals surface area contributed by atoms with E-state index in [-0.39, 0.29) is 12.1 Å². The van der Waals surface area contributed by atoms with Crippen molar-refractivity contribution in [2.45, 2.75) is 45.3 Å². The van der Waals surface area contributed by atoms with Crippen LogP contribution in [0.4, 0.5) is 14.9 Å². The second-order valence-corrected chi connectivity index (χ2v) is 6.98. The molecule has 1 aliphatic rings. The summed E-state index contributed by atoms with van der Waals surface area (Å²) in [6.07, 6.45) is 3.27. The second kappa shape index (κ2) is 5.87. The highest BCUT2D eigenvalue weighted by atomic mass is 32.1. The van der Waals surface area contributed by atoms with Gasteiger partial charge in [0.05, 0.1) is 6.20 Å². The Labute approximate surface area is 123 Å². The summed E-state index contributed by atoms with van der Waals surface area (Å²) >= 11 is 1.50. The van der Waals surface area contributed by atoms with Gasteiger partial charge in [0.1, 0.15) is 10.6 Å². The topological polar surface area (TPSA) is 80.5 Å². The van der Waals surface area contributed by atoms with Gasteiger partial charge in [-0.1, -0.05) is 11.3 Å². The molecule has 1 aromatic heterocycles. The molecule has 0 aliphatic carbocycles. The zero-order chi connectivity index (χ0) is 14.8. The molecule has 1 saturated heterocycles. The van der Waals surface area contributed by atoms with E-state index in [0.717, 1.165) is 30.9 Å². The first-order valence-corrected chi connectivity index (χ1v) is 7.61. The Morgan fingerprint density at radius 3 is 2.65 bits per heavy atom. The lowest BCUT2D eigenvalue weighted by Gasteiger charge is -2.33. The number of carbonyl (C=O) groups is 1. The van der Waals surface area contributed by atoms with Crippen molar-refractivity contribution in [3.8, 4) is 0 Å². The predicted octanol–water partition coefficient (Wildman–Crippen LogP) is 2.22. The van der Waals surface area contributed by atoms with Gasteiger partial charge in [0.25, 0.3) is 0 Å². The lowest BCUT2D eigenvalue weighted by molar-refractivity contribution is 0.0497. The van der Waals surface area contributed by atoms with Crippen LogP contribution >= 0.6 is 11.3 Å². The molecule has 2 rings (SSSR count). The van der Waals surface area contributed by atoms with E-state index in [0.29, 0.717) is 5.13 Å². The molecule has 6 nitrogen and oxygen atoms in total. The average molecular weight is 298 g/mol. The Bertz CT molecular complexity index is 461. The van der Waals surface area contributed by atoms with Crippen molar-refractivity contribution in [2.24, 2.45) is 0 Å². The van der Waals surface area contributed by atoms with Gasteiger partial charge < -0.3 is 20.7 Å². The van der Waals surface area contributed by atoms with Crippen molar-refractivity contribution in [3.63, 3.8) is 0 Å². The summed E-state index contributed by atoms with van der Waals surface area (Å²) in [7, 11) is 0. The van der Waals surface area contributed by atoms with Crippen LogP contribution in [0.5, 0.6) is 0 Å². The van der Waals surface area contributed by atoms with E-state index in [4.69, 9.17) is 10.5 Å². The molecule has 0 unspecified atom stereocenters. The molecule has 1 fully saturated rings. The first-order valence-electron chi connectivity index (χ1n) is 6.79. The highest BCUT2D eigenvalue weighted by Gasteiger charge is 2.24. The van der Waals surface area contributed by atoms with Gasteiger partial charge >= 0.3 is 6.09 Å². The Balaban J connectivity index is 1.78. The summed E-state index contributed by atoms with van der Waals surface area (Å²) < 4.78 is 5.27. The van der Waals surface area contributed by atoms with Crippen LogP contribution < -0.4 is 16.0 Å². The molecule has 2 heterocycles. The van der Waals surface area contributed by atoms with Crippen molar-refractivity contribution >= 4 is 27.6 Å². The number of aromatic nitrogens is 1. The molecule has 112 valence electrons. The number of ether oxygens (including phenoxy) is 1. The Hall–Kier alpha value is -1.50. The van der Waals surface area contributed by atoms with Crippen LogP contribution in [0.1, 0.15) is 33.6 Å². The normalized spacial score (nSPS) is 17.1. The number of carbonyl (C=O) groups excluding carboxylic acids is 1. The summed E-state index contributed by atoms with van der Waals surface area (Å²) in [4.78, 5) is 18.0. The molecule has 0 atom stereocenters. The third kappa shape index (κ3) is 4.26. The van der Waals surface area contributed by atoms with Crippen molar-refractivity contribution in [2.75, 3.05) is 23.7 Å². The zero-order valence-corrected chi connectivity index (χ0v) is 13.0. The van der Waals surface area contributed by atoms with Gasteiger partial charge in [-0.15, -0.1) is 0 Å². The maximum Gasteiger partial charge on any atom is 0.407 e. The number of nitrogens with one attached hydrogen (secondary N) is 1. The lowest BCUT2D eigenvalue weighted by Crippen LogP contribution is -2.46. The first kappa shape index (κ1) is 14.9. The molecule has 7 heteroatoms. The van der Waals surface area contributed by atoms with Crippen molar-refractivity contribution < 1.29 is 9.53 Å². The van der Waals surface area contributed by atoms with Crippen molar-refractivity contribution in [1.82, 2.24) is 10.3 Å². The number of hydrogen-bond acceptors (Lipinski definition) is 6. The van der Waals surface area contributed by atoms with Crippen LogP contribution in [-0.4, -0.2) is 35.8 Å². The van der Waals surface area contributed by atoms with E-state index < -0.39 is 5.60 Å². The molecular weight excluding hydrogens is 276 g/mol. The maximum absolute atomic E-state index is 11.7. The van der Waals surface area contributed by atoms with Gasteiger partial charge in [0.15, 0.2) is 5.13 Å². The number of nitrogens with zero attached hydrogens (tertiary/aromatic N) is 2. The predicted molar refractivity (Wildman–Crippen MR) is 81.1 cm³/mol. The van der Waals surface area contributed by atoms with E-state index in [1.165, 1.54) is 11.3 Å². The summed E-state index contributed by atoms with van der Waals surface area (Å²) in [5.74, 6) is 0. The quantitative estimate of drug-likeness (QED) is 0.875. The molecule has 0 saturated carbocycles. The zero-order valence-electron chi connectivity index (χ0n) is 12.2. The fraction of sp³-hybridized carbons (Fsp3) is 0.692. The molecular formula is C13H22N4O2S. The third-order valence-electron chi connectivity index (χ3n) is 3.04. The maximum atomic E-state index is 11.7. The number of hydrogen-bond donors (Lipinski definition) is 2. The number of nitrogen functional groups attached to an aromatic ring is 1. The highest BCUT2D eigenvalue weighted by molar-refractivity contribution is 7.19. The van der Waals surface area contributed by atoms with E-state index in [1.807, 2.05) is 27.0 Å². The molecule has 3 N–H and O–H groups in total. The van der Waals surface area contributed by atoms with E-state index in [9.17, 15) is 4.79 Å². The summed E-state index contributed by atoms with van der Waals surface area (Å²) in [5, 5.41) is 4.62. The minimum atomic E-state index is -0.453. The second-order valence-electron chi connectivity index (χ2n) is 5.94. The standard InChI is InChI=1S/C13H22N4O2S/c1-13(2,3)19-12(18)16-9-4-6-17(7-5-9)10-8-15-11(14)20-10/h8-9H,4-7H2,1-3H3,(H2,14,15)(H,16,18). The average Bonchev–Trinajstić information content (AvgIpc) is 2.74. The SMILES string of the molecule is CC(C)(C)OC(=O)NC1CCN(c2cnc(N)s2)CC1. The number of piperidine rings is 1. The third-order valence-corrected chi connectivity index (χ3v) is 3.93. The van der Waals surface area contributed by atoms with E-state index >= 15 is 0 Å². The van der Waals surface area contributed by atoms with Crippen LogP contribution in [0.15, 0.2) is 6.20 Å². The molecule has 0 aromatic carbocycles. The molecule has 1 aromatic rings. The van der Waals surface area contributed by atoms with Gasteiger partial charge in [-0.2, -0.15) is 0 Å². The Morgan fingerprint density at radius 2 is 2.15 bits per heavy atom. The van der Waals surface area contributed by atoms with E-state index in [1.54, 1.807) is 0 Å². The fourth-order valence-electron chi connectivity index (χ4n) is 2.14. The molecule has 0 bridgehead atoms. The summed E-state index contributed by atoms with van der Waals surface area (Å²) in [5.41, 5.74) is 5.19. The van der Waals surface area contributed by atoms with Crippen LogP contribution in [0, 0.1) is 0 Å². The summed E-state index contributed by atoms with van der Waals surface area (Å²) in [6.45, 7) is 7.38. The monoisotopic (exact) mass is 298 g/mol. The van der Waals surface area contributed by atoms with Crippen LogP contribution in [0.25, 0.3) is 0 Å². The Morgan fingerprint density at radius 1 is 1.50 bits per heavy atom. The number of amides is 1. The van der Waals surface area contributed by atoms with E-state index in [2.05, 4.69) is 15.2 Å². The molecule has 0 spiro atoms. The minimum absolute atomic E-state index is 0.173. The highest BCUT2D eigenvalue weighted by Crippen LogP contribution is 2.27. The van der Waals surface area contributed by atoms with Crippen molar-refractivity contribution in [1.29, 1.82) is 0 Å². The minimum Gasteiger partial charge on any atom is -0.444 e. The number of alkyl carbamates (subject to hydrolysis) is 1. The van der Waals surface area contributed by atoms with Gasteiger partial charge in [0.2, 0.25) is 0 Å². The molecule has 1 amide bonds. The first-order chi connectivity index (χ1) is 9.33. The van der Waals surface area contributed by atoms with Crippen LogP contribution in [-0.2, 0) is 4.74 Å². The van der Waals surface area contributed by atoms with Crippen LogP contribution in [0.3, 0.4) is 0 Å². The molecule has 20 heavy (non-hydrogen) atoms. The van der Waals surface area contributed by atoms with Gasteiger partial charge in [0, 0.05) is 19.1 Å². The van der Waals surface area contributed by atoms with Gasteiger partial charge in [-0.25, -0.2) is 9.78 Å². The number of nitrogens with two attached hydrogens (primary N) is 1. The van der Waals surface area contributed by atoms with Gasteiger partial charge in [-0.05, 0) is 33.6 Å². The van der Waals surface area contributed by atoms with Crippen LogP contribution in [0.2, 0.25) is 0 Å². The number of thiazole rings is 1. The van der Waals surface area contributed by atoms with Gasteiger partial charge in [-0.3, -0.25) is 0 Å². The Kier molecular flexibility index (Phi) is 4.37. The largest absolute Gasteiger partial charge is 0.444 e. The lowest BCUT2D eigenvalue weighted by atomic mass is 10.1. The fourth-order valence-corrected chi connectivity index (χ4v) is 2.88. The smallest absolute Gasteiger partial charge is 0.407 e. The molecule has 0 radical (unpaired) electrons. The molecule has 1 aliphatic heterocycles. The number of anilines is 2. The number of rotatable bonds is 2. The summed E-state index contributed by atoms with van der Waals surface area (Å²) in [6, 6.07) is 0.173.